The molecular weight excluding hydrogens is 360 g/mol. The van der Waals surface area contributed by atoms with Crippen molar-refractivity contribution in [2.45, 2.75) is 39.0 Å². The Morgan fingerprint density at radius 2 is 2.16 bits per heavy atom. The van der Waals surface area contributed by atoms with E-state index < -0.39 is 0 Å². The minimum Gasteiger partial charge on any atom is -0.486 e. The van der Waals surface area contributed by atoms with Crippen LogP contribution in [0.2, 0.25) is 5.02 Å². The molecule has 0 bridgehead atoms. The first-order valence-corrected chi connectivity index (χ1v) is 9.49. The average Bonchev–Trinajstić information content (AvgIpc) is 3.04. The van der Waals surface area contributed by atoms with E-state index in [1.54, 1.807) is 12.1 Å². The summed E-state index contributed by atoms with van der Waals surface area (Å²) in [7, 11) is 0. The second-order valence-corrected chi connectivity index (χ2v) is 7.57. The summed E-state index contributed by atoms with van der Waals surface area (Å²) in [6.07, 6.45) is 0.396. The van der Waals surface area contributed by atoms with Crippen LogP contribution in [-0.2, 0) is 22.6 Å². The van der Waals surface area contributed by atoms with Gasteiger partial charge >= 0.3 is 0 Å². The van der Waals surface area contributed by atoms with Crippen LogP contribution < -0.4 is 4.74 Å². The molecule has 0 aliphatic carbocycles. The van der Waals surface area contributed by atoms with Gasteiger partial charge in [0.25, 0.3) is 0 Å². The Kier molecular flexibility index (Phi) is 5.93. The average molecular weight is 381 g/mol. The molecule has 2 atom stereocenters. The van der Waals surface area contributed by atoms with Crippen LogP contribution in [0.3, 0.4) is 0 Å². The number of halogens is 1. The highest BCUT2D eigenvalue weighted by molar-refractivity contribution is 7.09. The lowest BCUT2D eigenvalue weighted by molar-refractivity contribution is -0.142. The van der Waals surface area contributed by atoms with Crippen LogP contribution in [0.5, 0.6) is 5.75 Å². The number of nitrogens with zero attached hydrogens (tertiary/aromatic N) is 2. The third-order valence-corrected chi connectivity index (χ3v) is 5.16. The van der Waals surface area contributed by atoms with Gasteiger partial charge in [0.15, 0.2) is 0 Å². The first kappa shape index (κ1) is 18.2. The molecule has 1 aliphatic rings. The van der Waals surface area contributed by atoms with Gasteiger partial charge in [-0.3, -0.25) is 4.79 Å². The molecule has 1 fully saturated rings. The zero-order valence-electron chi connectivity index (χ0n) is 14.3. The lowest BCUT2D eigenvalue weighted by Crippen LogP contribution is -2.50. The number of carbonyl (C=O) groups is 1. The molecule has 25 heavy (non-hydrogen) atoms. The highest BCUT2D eigenvalue weighted by Crippen LogP contribution is 2.19. The van der Waals surface area contributed by atoms with Crippen LogP contribution in [0.1, 0.15) is 24.5 Å². The second kappa shape index (κ2) is 8.17. The molecule has 0 N–H and O–H groups in total. The second-order valence-electron chi connectivity index (χ2n) is 6.19. The number of hydrogen-bond donors (Lipinski definition) is 0. The maximum absolute atomic E-state index is 12.5. The van der Waals surface area contributed by atoms with E-state index in [9.17, 15) is 4.79 Å². The quantitative estimate of drug-likeness (QED) is 0.795. The summed E-state index contributed by atoms with van der Waals surface area (Å²) < 4.78 is 11.3. The van der Waals surface area contributed by atoms with E-state index in [1.807, 2.05) is 36.3 Å². The molecule has 1 aromatic carbocycles. The van der Waals surface area contributed by atoms with E-state index in [2.05, 4.69) is 4.98 Å². The highest BCUT2D eigenvalue weighted by Gasteiger charge is 2.27. The Balaban J connectivity index is 1.54. The molecule has 1 saturated heterocycles. The van der Waals surface area contributed by atoms with E-state index in [0.717, 1.165) is 16.5 Å². The Labute approximate surface area is 156 Å². The molecule has 1 aromatic heterocycles. The smallest absolute Gasteiger partial charge is 0.229 e. The number of thiazole rings is 1. The molecule has 2 unspecified atom stereocenters. The van der Waals surface area contributed by atoms with Crippen molar-refractivity contribution in [2.24, 2.45) is 0 Å². The molecule has 1 amide bonds. The van der Waals surface area contributed by atoms with Crippen LogP contribution >= 0.6 is 22.9 Å². The van der Waals surface area contributed by atoms with Gasteiger partial charge in [-0.15, -0.1) is 11.3 Å². The summed E-state index contributed by atoms with van der Waals surface area (Å²) in [5.41, 5.74) is 0.788. The van der Waals surface area contributed by atoms with Crippen LogP contribution in [-0.4, -0.2) is 41.1 Å². The molecule has 2 heterocycles. The van der Waals surface area contributed by atoms with Crippen molar-refractivity contribution in [1.82, 2.24) is 9.88 Å². The summed E-state index contributed by atoms with van der Waals surface area (Å²) in [6.45, 7) is 5.60. The SMILES string of the molecule is CC1CN(C(=O)Cc2csc(COc3ccc(Cl)cc3)n2)C(C)CO1. The monoisotopic (exact) mass is 380 g/mol. The number of carbonyl (C=O) groups excluding carboxylic acids is 1. The maximum atomic E-state index is 12.5. The minimum absolute atomic E-state index is 0.0823. The van der Waals surface area contributed by atoms with Gasteiger partial charge in [-0.25, -0.2) is 4.98 Å². The summed E-state index contributed by atoms with van der Waals surface area (Å²) in [4.78, 5) is 18.9. The first-order chi connectivity index (χ1) is 12.0. The molecule has 2 aromatic rings. The van der Waals surface area contributed by atoms with Gasteiger partial charge in [-0.1, -0.05) is 11.6 Å². The zero-order chi connectivity index (χ0) is 17.8. The molecule has 1 aliphatic heterocycles. The molecule has 134 valence electrons. The first-order valence-electron chi connectivity index (χ1n) is 8.24. The molecule has 0 spiro atoms. The van der Waals surface area contributed by atoms with Crippen LogP contribution in [0.15, 0.2) is 29.6 Å². The van der Waals surface area contributed by atoms with Gasteiger partial charge in [0.2, 0.25) is 5.91 Å². The van der Waals surface area contributed by atoms with Gasteiger partial charge in [0.05, 0.1) is 30.9 Å². The summed E-state index contributed by atoms with van der Waals surface area (Å²) in [6, 6.07) is 7.32. The van der Waals surface area contributed by atoms with Crippen molar-refractivity contribution < 1.29 is 14.3 Å². The number of hydrogen-bond acceptors (Lipinski definition) is 5. The van der Waals surface area contributed by atoms with Gasteiger partial charge in [-0.05, 0) is 38.1 Å². The van der Waals surface area contributed by atoms with Crippen molar-refractivity contribution in [3.63, 3.8) is 0 Å². The number of rotatable bonds is 5. The van der Waals surface area contributed by atoms with E-state index in [4.69, 9.17) is 21.1 Å². The molecule has 5 nitrogen and oxygen atoms in total. The number of amides is 1. The van der Waals surface area contributed by atoms with Gasteiger partial charge in [-0.2, -0.15) is 0 Å². The Hall–Kier alpha value is -1.63. The maximum Gasteiger partial charge on any atom is 0.229 e. The topological polar surface area (TPSA) is 51.7 Å². The number of morpholine rings is 1. The fourth-order valence-electron chi connectivity index (χ4n) is 2.68. The molecule has 0 radical (unpaired) electrons. The number of benzene rings is 1. The molecular formula is C18H21ClN2O3S. The fraction of sp³-hybridized carbons (Fsp3) is 0.444. The van der Waals surface area contributed by atoms with Gasteiger partial charge in [0.1, 0.15) is 17.4 Å². The fourth-order valence-corrected chi connectivity index (χ4v) is 3.51. The summed E-state index contributed by atoms with van der Waals surface area (Å²) in [5, 5.41) is 3.45. The highest BCUT2D eigenvalue weighted by atomic mass is 35.5. The zero-order valence-corrected chi connectivity index (χ0v) is 15.8. The summed E-state index contributed by atoms with van der Waals surface area (Å²) >= 11 is 7.36. The predicted molar refractivity (Wildman–Crippen MR) is 98.2 cm³/mol. The predicted octanol–water partition coefficient (Wildman–Crippen LogP) is 3.55. The molecule has 0 saturated carbocycles. The van der Waals surface area contributed by atoms with Crippen LogP contribution in [0.4, 0.5) is 0 Å². The van der Waals surface area contributed by atoms with Crippen LogP contribution in [0, 0.1) is 0 Å². The van der Waals surface area contributed by atoms with Crippen molar-refractivity contribution >= 4 is 28.8 Å². The van der Waals surface area contributed by atoms with Crippen molar-refractivity contribution in [2.75, 3.05) is 13.2 Å². The van der Waals surface area contributed by atoms with E-state index in [1.165, 1.54) is 11.3 Å². The lowest BCUT2D eigenvalue weighted by atomic mass is 10.2. The standard InChI is InChI=1S/C18H21ClN2O3S/c1-12-9-23-13(2)8-21(12)18(22)7-15-11-25-17(20-15)10-24-16-5-3-14(19)4-6-16/h3-6,11-13H,7-10H2,1-2H3. The van der Waals surface area contributed by atoms with E-state index in [-0.39, 0.29) is 18.1 Å². The van der Waals surface area contributed by atoms with Crippen molar-refractivity contribution in [1.29, 1.82) is 0 Å². The lowest BCUT2D eigenvalue weighted by Gasteiger charge is -2.36. The Morgan fingerprint density at radius 1 is 1.40 bits per heavy atom. The van der Waals surface area contributed by atoms with E-state index >= 15 is 0 Å². The Bertz CT molecular complexity index is 719. The number of ether oxygens (including phenoxy) is 2. The van der Waals surface area contributed by atoms with E-state index in [0.29, 0.717) is 31.2 Å². The minimum atomic E-state index is 0.0823. The summed E-state index contributed by atoms with van der Waals surface area (Å²) in [5.74, 6) is 0.839. The largest absolute Gasteiger partial charge is 0.486 e. The third-order valence-electron chi connectivity index (χ3n) is 4.04. The van der Waals surface area contributed by atoms with Crippen molar-refractivity contribution in [3.05, 3.63) is 45.4 Å². The van der Waals surface area contributed by atoms with Crippen LogP contribution in [0.25, 0.3) is 0 Å². The Morgan fingerprint density at radius 3 is 2.92 bits per heavy atom. The van der Waals surface area contributed by atoms with Crippen molar-refractivity contribution in [3.8, 4) is 5.75 Å². The molecule has 7 heteroatoms. The van der Waals surface area contributed by atoms with Gasteiger partial charge < -0.3 is 14.4 Å². The third kappa shape index (κ3) is 4.93. The normalized spacial score (nSPS) is 20.5. The molecule has 3 rings (SSSR count). The van der Waals surface area contributed by atoms with Gasteiger partial charge in [0, 0.05) is 16.9 Å². The number of aromatic nitrogens is 1.